The molecule has 10 heavy (non-hydrogen) atoms. The summed E-state index contributed by atoms with van der Waals surface area (Å²) in [5.41, 5.74) is 0. The molecule has 0 unspecified atom stereocenters. The van der Waals surface area contributed by atoms with Gasteiger partial charge >= 0.3 is 0 Å². The average molecular weight is 270 g/mol. The van der Waals surface area contributed by atoms with E-state index in [2.05, 4.69) is 12.6 Å². The Morgan fingerprint density at radius 1 is 1.70 bits per heavy atom. The summed E-state index contributed by atoms with van der Waals surface area (Å²) in [6.45, 7) is 0. The lowest BCUT2D eigenvalue weighted by atomic mass is 10.1. The maximum atomic E-state index is 9.30. The zero-order valence-corrected chi connectivity index (χ0v) is 8.08. The van der Waals surface area contributed by atoms with Gasteiger partial charge in [-0.1, -0.05) is 12.2 Å². The summed E-state index contributed by atoms with van der Waals surface area (Å²) < 4.78 is 0.875. The van der Waals surface area contributed by atoms with E-state index >= 15 is 0 Å². The second kappa shape index (κ2) is 2.84. The number of hydrogen-bond donors (Lipinski definition) is 3. The molecular weight excluding hydrogens is 263 g/mol. The van der Waals surface area contributed by atoms with Crippen molar-refractivity contribution in [2.24, 2.45) is 0 Å². The van der Waals surface area contributed by atoms with Gasteiger partial charge in [-0.3, -0.25) is 0 Å². The molecule has 0 bridgehead atoms. The van der Waals surface area contributed by atoms with Crippen molar-refractivity contribution >= 4 is 35.2 Å². The van der Waals surface area contributed by atoms with Gasteiger partial charge in [0.05, 0.1) is 0 Å². The number of allylic oxidation sites excluding steroid dienone is 2. The topological polar surface area (TPSA) is 40.5 Å². The summed E-state index contributed by atoms with van der Waals surface area (Å²) in [5, 5.41) is 18.4. The second-order valence-corrected chi connectivity index (χ2v) is 4.08. The average Bonchev–Trinajstić information content (AvgIpc) is 1.78. The molecule has 0 radical (unpaired) electrons. The molecule has 0 aliphatic heterocycles. The zero-order chi connectivity index (χ0) is 7.78. The molecule has 2 nitrogen and oxygen atoms in total. The monoisotopic (exact) mass is 270 g/mol. The first-order valence-corrected chi connectivity index (χ1v) is 4.24. The Morgan fingerprint density at radius 3 is 2.70 bits per heavy atom. The lowest BCUT2D eigenvalue weighted by Crippen LogP contribution is -2.34. The van der Waals surface area contributed by atoms with E-state index in [9.17, 15) is 5.11 Å². The van der Waals surface area contributed by atoms with Crippen molar-refractivity contribution in [1.29, 1.82) is 0 Å². The molecule has 1 aliphatic rings. The molecule has 0 saturated carbocycles. The normalized spacial score (nSPS) is 39.6. The van der Waals surface area contributed by atoms with Gasteiger partial charge in [0.25, 0.3) is 0 Å². The Hall–Kier alpha value is 0.480. The highest BCUT2D eigenvalue weighted by atomic mass is 127. The molecule has 0 aromatic carbocycles. The minimum Gasteiger partial charge on any atom is -0.385 e. The van der Waals surface area contributed by atoms with Gasteiger partial charge in [-0.05, 0) is 28.7 Å². The molecule has 1 rings (SSSR count). The quantitative estimate of drug-likeness (QED) is 0.347. The van der Waals surface area contributed by atoms with Crippen LogP contribution in [-0.4, -0.2) is 21.3 Å². The Balaban J connectivity index is 2.88. The van der Waals surface area contributed by atoms with Crippen molar-refractivity contribution in [3.8, 4) is 0 Å². The predicted octanol–water partition coefficient (Wildman–Crippen LogP) is 0.854. The third-order valence-electron chi connectivity index (χ3n) is 1.22. The molecule has 0 spiro atoms. The molecular formula is C6H7IO2S. The van der Waals surface area contributed by atoms with Gasteiger partial charge in [0.2, 0.25) is 0 Å². The van der Waals surface area contributed by atoms with E-state index in [4.69, 9.17) is 5.11 Å². The summed E-state index contributed by atoms with van der Waals surface area (Å²) >= 11 is 5.89. The highest BCUT2D eigenvalue weighted by Crippen LogP contribution is 2.27. The van der Waals surface area contributed by atoms with Crippen LogP contribution in [0, 0.1) is 0 Å². The molecule has 0 aromatic heterocycles. The summed E-state index contributed by atoms with van der Waals surface area (Å²) in [4.78, 5) is -1.40. The molecule has 0 heterocycles. The first kappa shape index (κ1) is 8.58. The Bertz CT molecular complexity index is 198. The van der Waals surface area contributed by atoms with Crippen LogP contribution in [-0.2, 0) is 0 Å². The highest BCUT2D eigenvalue weighted by Gasteiger charge is 2.29. The molecule has 0 saturated heterocycles. The number of aliphatic hydroxyl groups excluding tert-OH is 1. The van der Waals surface area contributed by atoms with Crippen LogP contribution in [0.15, 0.2) is 21.8 Å². The highest BCUT2D eigenvalue weighted by molar-refractivity contribution is 14.1. The van der Waals surface area contributed by atoms with Crippen LogP contribution in [0.2, 0.25) is 0 Å². The first-order valence-electron chi connectivity index (χ1n) is 2.72. The number of aliphatic hydroxyl groups is 2. The molecule has 0 aromatic rings. The molecule has 2 N–H and O–H groups in total. The van der Waals surface area contributed by atoms with E-state index in [1.807, 2.05) is 22.6 Å². The van der Waals surface area contributed by atoms with Gasteiger partial charge in [0.15, 0.2) is 4.93 Å². The van der Waals surface area contributed by atoms with E-state index in [0.29, 0.717) is 0 Å². The van der Waals surface area contributed by atoms with Gasteiger partial charge in [-0.25, -0.2) is 0 Å². The van der Waals surface area contributed by atoms with Gasteiger partial charge < -0.3 is 10.2 Å². The van der Waals surface area contributed by atoms with E-state index in [1.54, 1.807) is 6.08 Å². The molecule has 2 atom stereocenters. The van der Waals surface area contributed by atoms with Gasteiger partial charge in [0, 0.05) is 3.58 Å². The fourth-order valence-corrected chi connectivity index (χ4v) is 1.81. The van der Waals surface area contributed by atoms with Crippen molar-refractivity contribution in [2.45, 2.75) is 11.0 Å². The number of thiol groups is 1. The zero-order valence-electron chi connectivity index (χ0n) is 5.03. The maximum absolute atomic E-state index is 9.30. The summed E-state index contributed by atoms with van der Waals surface area (Å²) in [6.07, 6.45) is 3.83. The predicted molar refractivity (Wildman–Crippen MR) is 51.2 cm³/mol. The lowest BCUT2D eigenvalue weighted by molar-refractivity contribution is 0.0553. The van der Waals surface area contributed by atoms with Crippen LogP contribution >= 0.6 is 35.2 Å². The van der Waals surface area contributed by atoms with E-state index in [1.165, 1.54) is 12.2 Å². The number of halogens is 1. The minimum absolute atomic E-state index is 0.875. The van der Waals surface area contributed by atoms with Crippen molar-refractivity contribution in [3.05, 3.63) is 21.8 Å². The van der Waals surface area contributed by atoms with Crippen LogP contribution in [0.3, 0.4) is 0 Å². The molecule has 1 aliphatic carbocycles. The fraction of sp³-hybridized carbons (Fsp3) is 0.333. The Labute approximate surface area is 78.2 Å². The Kier molecular flexibility index (Phi) is 2.44. The summed E-state index contributed by atoms with van der Waals surface area (Å²) in [5.74, 6) is 0. The van der Waals surface area contributed by atoms with Crippen LogP contribution in [0.4, 0.5) is 0 Å². The van der Waals surface area contributed by atoms with Crippen LogP contribution in [0.1, 0.15) is 0 Å². The summed E-state index contributed by atoms with van der Waals surface area (Å²) in [6, 6.07) is 0. The maximum Gasteiger partial charge on any atom is 0.157 e. The summed E-state index contributed by atoms with van der Waals surface area (Å²) in [7, 11) is 0. The van der Waals surface area contributed by atoms with Crippen molar-refractivity contribution in [1.82, 2.24) is 0 Å². The molecule has 56 valence electrons. The standard InChI is InChI=1S/C6H7IO2S/c7-4-1-2-5(8)6(9,10)3-4/h1-3,5,8-10H/t5-,6-/m1/s1. The van der Waals surface area contributed by atoms with E-state index in [0.717, 1.165) is 3.58 Å². The smallest absolute Gasteiger partial charge is 0.157 e. The molecule has 4 heteroatoms. The number of hydrogen-bond acceptors (Lipinski definition) is 3. The van der Waals surface area contributed by atoms with Crippen LogP contribution in [0.5, 0.6) is 0 Å². The Morgan fingerprint density at radius 2 is 2.30 bits per heavy atom. The minimum atomic E-state index is -1.40. The van der Waals surface area contributed by atoms with Gasteiger partial charge in [-0.2, -0.15) is 0 Å². The third kappa shape index (κ3) is 1.75. The van der Waals surface area contributed by atoms with Crippen molar-refractivity contribution < 1.29 is 10.2 Å². The van der Waals surface area contributed by atoms with E-state index in [-0.39, 0.29) is 0 Å². The van der Waals surface area contributed by atoms with Crippen LogP contribution in [0.25, 0.3) is 0 Å². The second-order valence-electron chi connectivity index (χ2n) is 2.12. The van der Waals surface area contributed by atoms with Crippen molar-refractivity contribution in [2.75, 3.05) is 0 Å². The molecule has 0 amide bonds. The SMILES string of the molecule is O[C@@H]1C=CC(I)=C[C@@]1(O)S. The van der Waals surface area contributed by atoms with E-state index < -0.39 is 11.0 Å². The third-order valence-corrected chi connectivity index (χ3v) is 2.29. The lowest BCUT2D eigenvalue weighted by Gasteiger charge is -2.25. The van der Waals surface area contributed by atoms with Crippen LogP contribution < -0.4 is 0 Å². The first-order chi connectivity index (χ1) is 4.52. The number of rotatable bonds is 0. The fourth-order valence-electron chi connectivity index (χ4n) is 0.661. The largest absolute Gasteiger partial charge is 0.385 e. The van der Waals surface area contributed by atoms with Gasteiger partial charge in [-0.15, -0.1) is 12.6 Å². The van der Waals surface area contributed by atoms with Gasteiger partial charge in [0.1, 0.15) is 6.10 Å². The van der Waals surface area contributed by atoms with Crippen molar-refractivity contribution in [3.63, 3.8) is 0 Å². The molecule has 0 fully saturated rings.